The van der Waals surface area contributed by atoms with Crippen LogP contribution in [0.3, 0.4) is 0 Å². The Morgan fingerprint density at radius 1 is 0.900 bits per heavy atom. The van der Waals surface area contributed by atoms with E-state index in [0.717, 1.165) is 44.6 Å². The van der Waals surface area contributed by atoms with Crippen LogP contribution in [0.25, 0.3) is 0 Å². The van der Waals surface area contributed by atoms with Crippen LogP contribution in [0.15, 0.2) is 12.2 Å². The molecule has 0 aromatic heterocycles. The Morgan fingerprint density at radius 2 is 1.45 bits per heavy atom. The molecule has 1 N–H and O–H groups in total. The minimum atomic E-state index is -1.06. The summed E-state index contributed by atoms with van der Waals surface area (Å²) in [6, 6.07) is 0. The summed E-state index contributed by atoms with van der Waals surface area (Å²) in [4.78, 5) is 22.8. The van der Waals surface area contributed by atoms with Crippen LogP contribution in [-0.4, -0.2) is 16.9 Å². The minimum absolute atomic E-state index is 0.0381. The molecule has 0 rings (SSSR count). The highest BCUT2D eigenvalue weighted by atomic mass is 16.4. The van der Waals surface area contributed by atoms with Crippen molar-refractivity contribution in [3.8, 4) is 0 Å². The van der Waals surface area contributed by atoms with Crippen molar-refractivity contribution in [3.05, 3.63) is 12.2 Å². The molecule has 1 unspecified atom stereocenters. The van der Waals surface area contributed by atoms with Crippen molar-refractivity contribution in [2.75, 3.05) is 0 Å². The van der Waals surface area contributed by atoms with E-state index in [0.29, 0.717) is 0 Å². The van der Waals surface area contributed by atoms with Gasteiger partial charge in [-0.1, -0.05) is 65.7 Å². The van der Waals surface area contributed by atoms with Crippen molar-refractivity contribution >= 4 is 11.8 Å². The summed E-state index contributed by atoms with van der Waals surface area (Å²) in [7, 11) is 0. The van der Waals surface area contributed by atoms with Crippen LogP contribution in [0.1, 0.15) is 78.6 Å². The van der Waals surface area contributed by atoms with E-state index in [1.807, 2.05) is 6.92 Å². The molecule has 0 bridgehead atoms. The Hall–Kier alpha value is -1.12. The number of hydrogen-bond donors (Lipinski definition) is 1. The van der Waals surface area contributed by atoms with Gasteiger partial charge in [0.1, 0.15) is 0 Å². The molecule has 116 valence electrons. The first kappa shape index (κ1) is 18.9. The first-order chi connectivity index (χ1) is 9.46. The number of carboxylic acids is 1. The van der Waals surface area contributed by atoms with E-state index in [2.05, 4.69) is 13.8 Å². The van der Waals surface area contributed by atoms with Gasteiger partial charge in [-0.05, 0) is 18.9 Å². The lowest BCUT2D eigenvalue weighted by Gasteiger charge is -2.27. The van der Waals surface area contributed by atoms with E-state index >= 15 is 0 Å². The number of carbonyl (C=O) groups excluding carboxylic acids is 1. The van der Waals surface area contributed by atoms with Crippen LogP contribution in [0, 0.1) is 5.41 Å². The van der Waals surface area contributed by atoms with Gasteiger partial charge in [-0.2, -0.15) is 0 Å². The number of carboxylic acid groups (broad SMARTS) is 1. The van der Waals surface area contributed by atoms with Crippen LogP contribution in [0.2, 0.25) is 0 Å². The molecule has 0 spiro atoms. The Morgan fingerprint density at radius 3 is 2.00 bits per heavy atom. The van der Waals surface area contributed by atoms with E-state index in [-0.39, 0.29) is 5.78 Å². The molecule has 0 aliphatic rings. The summed E-state index contributed by atoms with van der Waals surface area (Å²) >= 11 is 0. The third-order valence-corrected chi connectivity index (χ3v) is 3.89. The highest BCUT2D eigenvalue weighted by Gasteiger charge is 2.29. The number of hydrogen-bond acceptors (Lipinski definition) is 2. The number of unbranched alkanes of at least 4 members (excludes halogenated alkanes) is 5. The maximum Gasteiger partial charge on any atom is 0.328 e. The fraction of sp³-hybridized carbons (Fsp3) is 0.765. The normalized spacial score (nSPS) is 14.3. The first-order valence-electron chi connectivity index (χ1n) is 7.91. The lowest BCUT2D eigenvalue weighted by Crippen LogP contribution is -2.26. The quantitative estimate of drug-likeness (QED) is 0.415. The molecule has 0 fully saturated rings. The van der Waals surface area contributed by atoms with Crippen molar-refractivity contribution < 1.29 is 14.7 Å². The van der Waals surface area contributed by atoms with Crippen LogP contribution in [-0.2, 0) is 9.59 Å². The van der Waals surface area contributed by atoms with Crippen molar-refractivity contribution in [2.24, 2.45) is 5.41 Å². The summed E-state index contributed by atoms with van der Waals surface area (Å²) in [5.74, 6) is -1.09. The van der Waals surface area contributed by atoms with E-state index < -0.39 is 11.4 Å². The van der Waals surface area contributed by atoms with Gasteiger partial charge in [0.15, 0.2) is 5.78 Å². The summed E-state index contributed by atoms with van der Waals surface area (Å²) < 4.78 is 0. The number of ketones is 1. The first-order valence-corrected chi connectivity index (χ1v) is 7.91. The lowest BCUT2D eigenvalue weighted by molar-refractivity contribution is -0.132. The molecule has 0 amide bonds. The molecule has 0 aliphatic carbocycles. The Kier molecular flexibility index (Phi) is 10.0. The summed E-state index contributed by atoms with van der Waals surface area (Å²) in [5, 5.41) is 8.64. The molecule has 1 atom stereocenters. The second-order valence-corrected chi connectivity index (χ2v) is 5.86. The lowest BCUT2D eigenvalue weighted by atomic mass is 9.76. The van der Waals surface area contributed by atoms with Gasteiger partial charge in [0, 0.05) is 11.5 Å². The molecule has 0 aliphatic heterocycles. The summed E-state index contributed by atoms with van der Waals surface area (Å²) in [6.07, 6.45) is 11.9. The van der Waals surface area contributed by atoms with Gasteiger partial charge < -0.3 is 5.11 Å². The van der Waals surface area contributed by atoms with E-state index in [1.165, 1.54) is 25.3 Å². The topological polar surface area (TPSA) is 54.4 Å². The van der Waals surface area contributed by atoms with E-state index in [4.69, 9.17) is 5.11 Å². The number of allylic oxidation sites excluding steroid dienone is 1. The maximum atomic E-state index is 12.2. The van der Waals surface area contributed by atoms with Crippen LogP contribution < -0.4 is 0 Å². The van der Waals surface area contributed by atoms with Crippen LogP contribution in [0.5, 0.6) is 0 Å². The third kappa shape index (κ3) is 8.13. The van der Waals surface area contributed by atoms with Crippen molar-refractivity contribution in [2.45, 2.75) is 78.6 Å². The standard InChI is InChI=1S/C17H30O3/c1-4-6-8-9-10-14-17(3,13-7-5-2)15(18)11-12-16(19)20/h11-12H,4-10,13-14H2,1-3H3,(H,19,20)/b12-11+. The van der Waals surface area contributed by atoms with Gasteiger partial charge in [-0.15, -0.1) is 0 Å². The minimum Gasteiger partial charge on any atom is -0.478 e. The molecule has 0 aromatic carbocycles. The summed E-state index contributed by atoms with van der Waals surface area (Å²) in [5.41, 5.74) is -0.395. The molecule has 0 radical (unpaired) electrons. The van der Waals surface area contributed by atoms with Crippen molar-refractivity contribution in [3.63, 3.8) is 0 Å². The molecule has 3 heteroatoms. The molecule has 0 heterocycles. The number of carbonyl (C=O) groups is 2. The highest BCUT2D eigenvalue weighted by Crippen LogP contribution is 2.32. The molecule has 0 aromatic rings. The summed E-state index contributed by atoms with van der Waals surface area (Å²) in [6.45, 7) is 6.28. The fourth-order valence-corrected chi connectivity index (χ4v) is 2.41. The second-order valence-electron chi connectivity index (χ2n) is 5.86. The van der Waals surface area contributed by atoms with Crippen molar-refractivity contribution in [1.29, 1.82) is 0 Å². The number of aliphatic carboxylic acids is 1. The van der Waals surface area contributed by atoms with Gasteiger partial charge in [0.2, 0.25) is 0 Å². The van der Waals surface area contributed by atoms with Crippen molar-refractivity contribution in [1.82, 2.24) is 0 Å². The average molecular weight is 282 g/mol. The molecule has 20 heavy (non-hydrogen) atoms. The second kappa shape index (κ2) is 10.6. The monoisotopic (exact) mass is 282 g/mol. The SMILES string of the molecule is CCCCCCCC(C)(CCCC)C(=O)/C=C/C(=O)O. The average Bonchev–Trinajstić information content (AvgIpc) is 2.42. The largest absolute Gasteiger partial charge is 0.478 e. The van der Waals surface area contributed by atoms with Crippen LogP contribution in [0.4, 0.5) is 0 Å². The Balaban J connectivity index is 4.48. The smallest absolute Gasteiger partial charge is 0.328 e. The molecular formula is C17H30O3. The third-order valence-electron chi connectivity index (χ3n) is 3.89. The van der Waals surface area contributed by atoms with Crippen LogP contribution >= 0.6 is 0 Å². The van der Waals surface area contributed by atoms with Gasteiger partial charge >= 0.3 is 5.97 Å². The Labute approximate surface area is 123 Å². The van der Waals surface area contributed by atoms with Gasteiger partial charge in [-0.3, -0.25) is 4.79 Å². The molecule has 0 saturated heterocycles. The number of rotatable bonds is 12. The fourth-order valence-electron chi connectivity index (χ4n) is 2.41. The predicted molar refractivity (Wildman–Crippen MR) is 82.8 cm³/mol. The predicted octanol–water partition coefficient (Wildman–Crippen LogP) is 4.75. The zero-order valence-corrected chi connectivity index (χ0v) is 13.3. The van der Waals surface area contributed by atoms with E-state index in [1.54, 1.807) is 0 Å². The van der Waals surface area contributed by atoms with Gasteiger partial charge in [-0.25, -0.2) is 4.79 Å². The highest BCUT2D eigenvalue weighted by molar-refractivity contribution is 5.98. The molecule has 3 nitrogen and oxygen atoms in total. The molecular weight excluding hydrogens is 252 g/mol. The van der Waals surface area contributed by atoms with E-state index in [9.17, 15) is 9.59 Å². The van der Waals surface area contributed by atoms with Gasteiger partial charge in [0.05, 0.1) is 0 Å². The maximum absolute atomic E-state index is 12.2. The zero-order chi connectivity index (χ0) is 15.4. The Bertz CT molecular complexity index is 320. The zero-order valence-electron chi connectivity index (χ0n) is 13.3. The van der Waals surface area contributed by atoms with Gasteiger partial charge in [0.25, 0.3) is 0 Å². The molecule has 0 saturated carbocycles.